The maximum atomic E-state index is 12.4. The lowest BCUT2D eigenvalue weighted by Gasteiger charge is -2.07. The van der Waals surface area contributed by atoms with Crippen LogP contribution >= 0.6 is 22.9 Å². The highest BCUT2D eigenvalue weighted by Crippen LogP contribution is 2.22. The van der Waals surface area contributed by atoms with Crippen LogP contribution in [0.3, 0.4) is 0 Å². The summed E-state index contributed by atoms with van der Waals surface area (Å²) in [6, 6.07) is 13.2. The third-order valence-corrected chi connectivity index (χ3v) is 4.83. The number of nitrogens with zero attached hydrogens (tertiary/aromatic N) is 1. The van der Waals surface area contributed by atoms with E-state index in [0.29, 0.717) is 22.8 Å². The molecule has 25 heavy (non-hydrogen) atoms. The fourth-order valence-corrected chi connectivity index (χ4v) is 3.31. The molecule has 0 fully saturated rings. The first-order chi connectivity index (χ1) is 12.0. The molecule has 0 aliphatic rings. The fraction of sp³-hybridized carbons (Fsp3) is 0.158. The highest BCUT2D eigenvalue weighted by molar-refractivity contribution is 7.09. The zero-order valence-corrected chi connectivity index (χ0v) is 15.4. The van der Waals surface area contributed by atoms with Gasteiger partial charge < -0.3 is 10.1 Å². The minimum absolute atomic E-state index is 0.234. The molecule has 1 N–H and O–H groups in total. The first kappa shape index (κ1) is 17.5. The summed E-state index contributed by atoms with van der Waals surface area (Å²) in [4.78, 5) is 16.8. The minimum atomic E-state index is -0.234. The van der Waals surface area contributed by atoms with Crippen molar-refractivity contribution in [3.63, 3.8) is 0 Å². The zero-order chi connectivity index (χ0) is 17.8. The Morgan fingerprint density at radius 2 is 2.00 bits per heavy atom. The molecule has 0 bridgehead atoms. The SMILES string of the molecule is COc1ccc(Cc2nc(C(=O)Nc3cc(Cl)ccc3C)cs2)cc1. The molecule has 1 amide bonds. The van der Waals surface area contributed by atoms with E-state index in [1.54, 1.807) is 24.6 Å². The summed E-state index contributed by atoms with van der Waals surface area (Å²) in [5.74, 6) is 0.586. The first-order valence-corrected chi connectivity index (χ1v) is 8.96. The summed E-state index contributed by atoms with van der Waals surface area (Å²) in [6.45, 7) is 1.92. The second kappa shape index (κ2) is 7.68. The van der Waals surface area contributed by atoms with Crippen LogP contribution in [0.1, 0.15) is 26.6 Å². The van der Waals surface area contributed by atoms with Gasteiger partial charge in [0.2, 0.25) is 0 Å². The number of carbonyl (C=O) groups excluding carboxylic acids is 1. The van der Waals surface area contributed by atoms with Gasteiger partial charge in [-0.1, -0.05) is 29.8 Å². The summed E-state index contributed by atoms with van der Waals surface area (Å²) < 4.78 is 5.15. The lowest BCUT2D eigenvalue weighted by atomic mass is 10.1. The molecule has 0 saturated heterocycles. The van der Waals surface area contributed by atoms with Crippen LogP contribution in [0, 0.1) is 6.92 Å². The lowest BCUT2D eigenvalue weighted by Crippen LogP contribution is -2.13. The van der Waals surface area contributed by atoms with Crippen molar-refractivity contribution in [2.75, 3.05) is 12.4 Å². The van der Waals surface area contributed by atoms with Gasteiger partial charge in [-0.25, -0.2) is 4.98 Å². The van der Waals surface area contributed by atoms with E-state index in [1.165, 1.54) is 11.3 Å². The predicted molar refractivity (Wildman–Crippen MR) is 102 cm³/mol. The molecule has 0 saturated carbocycles. The maximum Gasteiger partial charge on any atom is 0.275 e. The van der Waals surface area contributed by atoms with Crippen molar-refractivity contribution >= 4 is 34.5 Å². The standard InChI is InChI=1S/C19H17ClN2O2S/c1-12-3-6-14(20)10-16(12)22-19(23)17-11-25-18(21-17)9-13-4-7-15(24-2)8-5-13/h3-8,10-11H,9H2,1-2H3,(H,22,23). The van der Waals surface area contributed by atoms with Gasteiger partial charge in [-0.15, -0.1) is 11.3 Å². The highest BCUT2D eigenvalue weighted by atomic mass is 35.5. The zero-order valence-electron chi connectivity index (χ0n) is 13.9. The summed E-state index contributed by atoms with van der Waals surface area (Å²) in [5, 5.41) is 6.11. The van der Waals surface area contributed by atoms with Crippen molar-refractivity contribution in [2.24, 2.45) is 0 Å². The second-order valence-corrected chi connectivity index (χ2v) is 6.94. The summed E-state index contributed by atoms with van der Waals surface area (Å²) >= 11 is 7.46. The number of aryl methyl sites for hydroxylation is 1. The van der Waals surface area contributed by atoms with E-state index in [2.05, 4.69) is 10.3 Å². The predicted octanol–water partition coefficient (Wildman–Crippen LogP) is 4.96. The van der Waals surface area contributed by atoms with Crippen LogP contribution in [0.2, 0.25) is 5.02 Å². The Kier molecular flexibility index (Phi) is 5.36. The van der Waals surface area contributed by atoms with Crippen molar-refractivity contribution in [1.82, 2.24) is 4.98 Å². The Morgan fingerprint density at radius 3 is 2.72 bits per heavy atom. The number of thiazole rings is 1. The number of halogens is 1. The second-order valence-electron chi connectivity index (χ2n) is 5.56. The van der Waals surface area contributed by atoms with Gasteiger partial charge >= 0.3 is 0 Å². The Hall–Kier alpha value is -2.37. The Labute approximate surface area is 155 Å². The number of carbonyl (C=O) groups is 1. The number of amides is 1. The number of aromatic nitrogens is 1. The summed E-state index contributed by atoms with van der Waals surface area (Å²) in [7, 11) is 1.64. The van der Waals surface area contributed by atoms with Crippen LogP contribution < -0.4 is 10.1 Å². The minimum Gasteiger partial charge on any atom is -0.497 e. The maximum absolute atomic E-state index is 12.4. The number of hydrogen-bond donors (Lipinski definition) is 1. The number of ether oxygens (including phenoxy) is 1. The molecule has 6 heteroatoms. The average Bonchev–Trinajstić information content (AvgIpc) is 3.07. The number of benzene rings is 2. The van der Waals surface area contributed by atoms with Gasteiger partial charge in [0.1, 0.15) is 11.4 Å². The average molecular weight is 373 g/mol. The number of rotatable bonds is 5. The smallest absolute Gasteiger partial charge is 0.275 e. The van der Waals surface area contributed by atoms with Crippen molar-refractivity contribution in [3.05, 3.63) is 74.7 Å². The Balaban J connectivity index is 1.69. The number of nitrogens with one attached hydrogen (secondary N) is 1. The molecule has 128 valence electrons. The third kappa shape index (κ3) is 4.38. The van der Waals surface area contributed by atoms with Crippen molar-refractivity contribution in [2.45, 2.75) is 13.3 Å². The molecular formula is C19H17ClN2O2S. The van der Waals surface area contributed by atoms with Crippen molar-refractivity contribution in [1.29, 1.82) is 0 Å². The molecule has 1 aromatic heterocycles. The van der Waals surface area contributed by atoms with Gasteiger partial charge in [0.25, 0.3) is 5.91 Å². The van der Waals surface area contributed by atoms with Crippen LogP contribution in [-0.4, -0.2) is 18.0 Å². The van der Waals surface area contributed by atoms with Crippen LogP contribution in [0.5, 0.6) is 5.75 Å². The van der Waals surface area contributed by atoms with E-state index in [1.807, 2.05) is 37.3 Å². The van der Waals surface area contributed by atoms with E-state index in [4.69, 9.17) is 16.3 Å². The van der Waals surface area contributed by atoms with Gasteiger partial charge in [0.15, 0.2) is 0 Å². The highest BCUT2D eigenvalue weighted by Gasteiger charge is 2.13. The topological polar surface area (TPSA) is 51.2 Å². The van der Waals surface area contributed by atoms with Crippen LogP contribution in [0.4, 0.5) is 5.69 Å². The molecule has 0 radical (unpaired) electrons. The van der Waals surface area contributed by atoms with E-state index >= 15 is 0 Å². The monoisotopic (exact) mass is 372 g/mol. The molecule has 0 atom stereocenters. The van der Waals surface area contributed by atoms with Crippen molar-refractivity contribution < 1.29 is 9.53 Å². The molecule has 3 rings (SSSR count). The molecular weight excluding hydrogens is 356 g/mol. The number of methoxy groups -OCH3 is 1. The van der Waals surface area contributed by atoms with Crippen LogP contribution in [-0.2, 0) is 6.42 Å². The summed E-state index contributed by atoms with van der Waals surface area (Å²) in [6.07, 6.45) is 0.679. The van der Waals surface area contributed by atoms with Crippen LogP contribution in [0.15, 0.2) is 47.8 Å². The molecule has 0 aliphatic carbocycles. The van der Waals surface area contributed by atoms with Gasteiger partial charge in [0, 0.05) is 22.5 Å². The molecule has 4 nitrogen and oxygen atoms in total. The van der Waals surface area contributed by atoms with Gasteiger partial charge in [-0.3, -0.25) is 4.79 Å². The van der Waals surface area contributed by atoms with Crippen LogP contribution in [0.25, 0.3) is 0 Å². The number of hydrogen-bond acceptors (Lipinski definition) is 4. The van der Waals surface area contributed by atoms with Gasteiger partial charge in [0.05, 0.1) is 12.1 Å². The molecule has 0 aliphatic heterocycles. The van der Waals surface area contributed by atoms with Crippen molar-refractivity contribution in [3.8, 4) is 5.75 Å². The quantitative estimate of drug-likeness (QED) is 0.688. The van der Waals surface area contributed by atoms with Gasteiger partial charge in [-0.05, 0) is 42.3 Å². The molecule has 0 spiro atoms. The van der Waals surface area contributed by atoms with E-state index in [0.717, 1.165) is 21.9 Å². The molecule has 0 unspecified atom stereocenters. The molecule has 2 aromatic carbocycles. The van der Waals surface area contributed by atoms with Gasteiger partial charge in [-0.2, -0.15) is 0 Å². The Morgan fingerprint density at radius 1 is 1.24 bits per heavy atom. The molecule has 3 aromatic rings. The van der Waals surface area contributed by atoms with E-state index in [-0.39, 0.29) is 5.91 Å². The third-order valence-electron chi connectivity index (χ3n) is 3.75. The fourth-order valence-electron chi connectivity index (χ4n) is 2.33. The van der Waals surface area contributed by atoms with E-state index in [9.17, 15) is 4.79 Å². The number of anilines is 1. The molecule has 1 heterocycles. The largest absolute Gasteiger partial charge is 0.497 e. The first-order valence-electron chi connectivity index (χ1n) is 7.70. The summed E-state index contributed by atoms with van der Waals surface area (Å²) in [5.41, 5.74) is 3.18. The Bertz CT molecular complexity index is 891. The lowest BCUT2D eigenvalue weighted by molar-refractivity contribution is 0.102. The van der Waals surface area contributed by atoms with E-state index < -0.39 is 0 Å². The normalized spacial score (nSPS) is 10.5.